The van der Waals surface area contributed by atoms with Crippen molar-refractivity contribution in [2.24, 2.45) is 0 Å². The number of allylic oxidation sites excluding steroid dienone is 22. The summed E-state index contributed by atoms with van der Waals surface area (Å²) in [6.07, 6.45) is 91.4. The molecule has 0 radical (unpaired) electrons. The minimum atomic E-state index is -0.797. The first kappa shape index (κ1) is 68.0. The second-order valence-corrected chi connectivity index (χ2v) is 19.3. The van der Waals surface area contributed by atoms with Gasteiger partial charge >= 0.3 is 11.9 Å². The second-order valence-electron chi connectivity index (χ2n) is 19.3. The lowest BCUT2D eigenvalue weighted by molar-refractivity contribution is -0.161. The van der Waals surface area contributed by atoms with E-state index in [4.69, 9.17) is 9.47 Å². The predicted octanol–water partition coefficient (Wildman–Crippen LogP) is 20.4. The Morgan fingerprint density at radius 2 is 0.597 bits per heavy atom. The first-order valence-electron chi connectivity index (χ1n) is 29.7. The molecule has 72 heavy (non-hydrogen) atoms. The maximum absolute atomic E-state index is 12.3. The third-order valence-electron chi connectivity index (χ3n) is 12.4. The average molecular weight is 996 g/mol. The molecule has 5 heteroatoms. The third kappa shape index (κ3) is 58.6. The Hall–Kier alpha value is -3.96. The maximum atomic E-state index is 12.3. The zero-order valence-electron chi connectivity index (χ0n) is 46.6. The summed E-state index contributed by atoms with van der Waals surface area (Å²) in [6, 6.07) is 0. The van der Waals surface area contributed by atoms with Crippen LogP contribution in [0.1, 0.15) is 258 Å². The van der Waals surface area contributed by atoms with E-state index in [1.807, 2.05) is 0 Å². The molecule has 0 aliphatic carbocycles. The standard InChI is InChI=1S/C67H110O5/c1-3-5-7-9-11-13-15-17-19-21-23-25-27-29-31-33-35-37-39-41-43-45-47-49-51-53-55-57-59-61-66(69)71-64-65(63-68)72-67(70)62-60-58-56-54-52-50-48-46-44-42-40-38-36-34-32-30-28-26-24-22-20-18-16-14-12-10-8-6-4-2/h6,8,12,14-15,17-18,20-21,23-24,26-27,29-30,32,36,38,42,44,48,50,65,68H,3-5,7,9-11,13,16,19,22,25,28,31,33-35,37,39-41,43,45-47,49,51-64H2,1-2H3/b8-6-,14-12-,17-15-,20-18-,23-21-,26-24-,29-27-,32-30-,38-36-,44-42-,50-48-. The lowest BCUT2D eigenvalue weighted by atomic mass is 10.0. The molecule has 0 spiro atoms. The van der Waals surface area contributed by atoms with Crippen LogP contribution in [-0.4, -0.2) is 36.4 Å². The van der Waals surface area contributed by atoms with Gasteiger partial charge in [-0.2, -0.15) is 0 Å². The molecule has 0 rings (SSSR count). The molecule has 0 bridgehead atoms. The second kappa shape index (κ2) is 61.3. The summed E-state index contributed by atoms with van der Waals surface area (Å²) in [6.45, 7) is 4.00. The molecule has 0 saturated carbocycles. The summed E-state index contributed by atoms with van der Waals surface area (Å²) < 4.78 is 10.7. The van der Waals surface area contributed by atoms with Crippen molar-refractivity contribution in [1.29, 1.82) is 0 Å². The third-order valence-corrected chi connectivity index (χ3v) is 12.4. The van der Waals surface area contributed by atoms with Gasteiger partial charge in [-0.15, -0.1) is 0 Å². The highest BCUT2D eigenvalue weighted by Crippen LogP contribution is 2.15. The van der Waals surface area contributed by atoms with Gasteiger partial charge in [-0.05, 0) is 116 Å². The Kier molecular flexibility index (Phi) is 58.0. The first-order valence-corrected chi connectivity index (χ1v) is 29.7. The topological polar surface area (TPSA) is 72.8 Å². The number of rotatable bonds is 53. The van der Waals surface area contributed by atoms with Gasteiger partial charge in [0, 0.05) is 12.8 Å². The molecule has 0 aliphatic rings. The Morgan fingerprint density at radius 3 is 0.903 bits per heavy atom. The quantitative estimate of drug-likeness (QED) is 0.0373. The van der Waals surface area contributed by atoms with E-state index >= 15 is 0 Å². The van der Waals surface area contributed by atoms with E-state index in [1.54, 1.807) is 0 Å². The molecule has 0 aromatic carbocycles. The van der Waals surface area contributed by atoms with Crippen LogP contribution in [0.3, 0.4) is 0 Å². The van der Waals surface area contributed by atoms with Crippen LogP contribution >= 0.6 is 0 Å². The van der Waals surface area contributed by atoms with Crippen LogP contribution in [0.15, 0.2) is 134 Å². The minimum Gasteiger partial charge on any atom is -0.462 e. The van der Waals surface area contributed by atoms with Gasteiger partial charge in [0.15, 0.2) is 6.10 Å². The largest absolute Gasteiger partial charge is 0.462 e. The molecule has 0 saturated heterocycles. The monoisotopic (exact) mass is 995 g/mol. The highest BCUT2D eigenvalue weighted by molar-refractivity contribution is 5.70. The molecular weight excluding hydrogens is 885 g/mol. The van der Waals surface area contributed by atoms with Gasteiger partial charge in [-0.3, -0.25) is 9.59 Å². The van der Waals surface area contributed by atoms with Crippen molar-refractivity contribution in [1.82, 2.24) is 0 Å². The lowest BCUT2D eigenvalue weighted by Crippen LogP contribution is -2.28. The maximum Gasteiger partial charge on any atom is 0.306 e. The van der Waals surface area contributed by atoms with Gasteiger partial charge in [-0.25, -0.2) is 0 Å². The Balaban J connectivity index is 3.59. The summed E-state index contributed by atoms with van der Waals surface area (Å²) in [5, 5.41) is 9.66. The van der Waals surface area contributed by atoms with Crippen molar-refractivity contribution in [3.05, 3.63) is 134 Å². The van der Waals surface area contributed by atoms with Gasteiger partial charge in [0.25, 0.3) is 0 Å². The molecule has 0 aromatic heterocycles. The number of hydrogen-bond acceptors (Lipinski definition) is 5. The Bertz CT molecular complexity index is 1500. The minimum absolute atomic E-state index is 0.0843. The summed E-state index contributed by atoms with van der Waals surface area (Å²) in [5.41, 5.74) is 0. The summed E-state index contributed by atoms with van der Waals surface area (Å²) >= 11 is 0. The molecule has 0 aromatic rings. The predicted molar refractivity (Wildman–Crippen MR) is 315 cm³/mol. The van der Waals surface area contributed by atoms with Gasteiger partial charge in [-0.1, -0.05) is 263 Å². The molecule has 1 unspecified atom stereocenters. The zero-order chi connectivity index (χ0) is 52.0. The summed E-state index contributed by atoms with van der Waals surface area (Å²) in [7, 11) is 0. The first-order chi connectivity index (χ1) is 35.6. The molecular formula is C67H110O5. The molecule has 0 fully saturated rings. The van der Waals surface area contributed by atoms with E-state index in [-0.39, 0.29) is 25.2 Å². The molecule has 408 valence electrons. The number of unbranched alkanes of at least 4 members (excludes halogenated alkanes) is 23. The fourth-order valence-corrected chi connectivity index (χ4v) is 7.99. The van der Waals surface area contributed by atoms with Crippen molar-refractivity contribution in [3.8, 4) is 0 Å². The molecule has 0 amide bonds. The molecule has 0 heterocycles. The van der Waals surface area contributed by atoms with E-state index in [2.05, 4.69) is 148 Å². The van der Waals surface area contributed by atoms with Crippen molar-refractivity contribution in [2.75, 3.05) is 13.2 Å². The van der Waals surface area contributed by atoms with Crippen LogP contribution in [0.5, 0.6) is 0 Å². The Morgan fingerprint density at radius 1 is 0.333 bits per heavy atom. The SMILES string of the molecule is CC/C=C\C/C=C\C/C=C\C/C=C\C/C=C\C/C=C\C/C=C\C/C=C\CCCCCCC(=O)OC(CO)COC(=O)CCCCCCCCCCCCCCCC/C=C\C/C=C\C/C=C\CCCCCCC. The van der Waals surface area contributed by atoms with Gasteiger partial charge in [0.1, 0.15) is 6.61 Å². The molecule has 5 nitrogen and oxygen atoms in total. The number of ether oxygens (including phenoxy) is 2. The van der Waals surface area contributed by atoms with Gasteiger partial charge < -0.3 is 14.6 Å². The Labute approximate surface area is 445 Å². The summed E-state index contributed by atoms with van der Waals surface area (Å²) in [5.74, 6) is -0.625. The van der Waals surface area contributed by atoms with Crippen LogP contribution in [0.2, 0.25) is 0 Å². The fourth-order valence-electron chi connectivity index (χ4n) is 7.99. The number of carbonyl (C=O) groups excluding carboxylic acids is 2. The zero-order valence-corrected chi connectivity index (χ0v) is 46.6. The number of aliphatic hydroxyl groups is 1. The van der Waals surface area contributed by atoms with E-state index in [0.717, 1.165) is 116 Å². The van der Waals surface area contributed by atoms with Crippen LogP contribution in [0.4, 0.5) is 0 Å². The van der Waals surface area contributed by atoms with Crippen molar-refractivity contribution < 1.29 is 24.2 Å². The normalized spacial score (nSPS) is 13.2. The molecule has 1 N–H and O–H groups in total. The van der Waals surface area contributed by atoms with Crippen LogP contribution in [0.25, 0.3) is 0 Å². The van der Waals surface area contributed by atoms with Crippen molar-refractivity contribution in [3.63, 3.8) is 0 Å². The lowest BCUT2D eigenvalue weighted by Gasteiger charge is -2.15. The van der Waals surface area contributed by atoms with E-state index in [0.29, 0.717) is 12.8 Å². The number of carbonyl (C=O) groups is 2. The number of aliphatic hydroxyl groups excluding tert-OH is 1. The number of hydrogen-bond donors (Lipinski definition) is 1. The van der Waals surface area contributed by atoms with Crippen molar-refractivity contribution >= 4 is 11.9 Å². The van der Waals surface area contributed by atoms with Gasteiger partial charge in [0.05, 0.1) is 6.61 Å². The highest BCUT2D eigenvalue weighted by Gasteiger charge is 2.16. The number of esters is 2. The fraction of sp³-hybridized carbons (Fsp3) is 0.642. The van der Waals surface area contributed by atoms with Crippen LogP contribution < -0.4 is 0 Å². The van der Waals surface area contributed by atoms with E-state index < -0.39 is 6.10 Å². The average Bonchev–Trinajstić information content (AvgIpc) is 3.38. The van der Waals surface area contributed by atoms with Crippen LogP contribution in [0, 0.1) is 0 Å². The molecule has 0 aliphatic heterocycles. The van der Waals surface area contributed by atoms with Crippen molar-refractivity contribution in [2.45, 2.75) is 264 Å². The van der Waals surface area contributed by atoms with E-state index in [1.165, 1.54) is 116 Å². The van der Waals surface area contributed by atoms with E-state index in [9.17, 15) is 14.7 Å². The molecule has 1 atom stereocenters. The highest BCUT2D eigenvalue weighted by atomic mass is 16.6. The van der Waals surface area contributed by atoms with Crippen LogP contribution in [-0.2, 0) is 19.1 Å². The van der Waals surface area contributed by atoms with Gasteiger partial charge in [0.2, 0.25) is 0 Å². The summed E-state index contributed by atoms with van der Waals surface area (Å²) in [4.78, 5) is 24.6. The smallest absolute Gasteiger partial charge is 0.306 e.